The maximum Gasteiger partial charge on any atom is 0.307 e. The number of carboxylic acids is 1. The van der Waals surface area contributed by atoms with Gasteiger partial charge in [0.2, 0.25) is 0 Å². The Hall–Kier alpha value is -1.04. The lowest BCUT2D eigenvalue weighted by Crippen LogP contribution is -2.33. The summed E-state index contributed by atoms with van der Waals surface area (Å²) in [6, 6.07) is 10.2. The molecule has 0 aliphatic heterocycles. The zero-order valence-corrected chi connectivity index (χ0v) is 12.7. The molecule has 3 N–H and O–H groups in total. The molecule has 4 nitrogen and oxygen atoms in total. The van der Waals surface area contributed by atoms with Crippen LogP contribution in [0.25, 0.3) is 0 Å². The first kappa shape index (κ1) is 16.3. The summed E-state index contributed by atoms with van der Waals surface area (Å²) in [4.78, 5) is 11.4. The highest BCUT2D eigenvalue weighted by molar-refractivity contribution is 8.00. The highest BCUT2D eigenvalue weighted by Gasteiger charge is 2.36. The zero-order valence-electron chi connectivity index (χ0n) is 11.9. The van der Waals surface area contributed by atoms with Gasteiger partial charge < -0.3 is 15.3 Å². The van der Waals surface area contributed by atoms with Crippen LogP contribution in [-0.4, -0.2) is 45.0 Å². The second-order valence-corrected chi connectivity index (χ2v) is 6.85. The van der Waals surface area contributed by atoms with Gasteiger partial charge in [0, 0.05) is 11.0 Å². The van der Waals surface area contributed by atoms with Gasteiger partial charge in [0.05, 0.1) is 18.6 Å². The Morgan fingerprint density at radius 2 is 2.00 bits per heavy atom. The molecule has 1 fully saturated rings. The summed E-state index contributed by atoms with van der Waals surface area (Å²) in [5, 5.41) is 27.7. The molecule has 2 rings (SSSR count). The number of aliphatic hydroxyl groups is 2. The van der Waals surface area contributed by atoms with Gasteiger partial charge in [-0.3, -0.25) is 4.79 Å². The summed E-state index contributed by atoms with van der Waals surface area (Å²) in [6.45, 7) is -0.278. The topological polar surface area (TPSA) is 77.8 Å². The average molecular weight is 310 g/mol. The molecule has 0 bridgehead atoms. The summed E-state index contributed by atoms with van der Waals surface area (Å²) in [5.41, 5.74) is 1.26. The number of benzene rings is 1. The van der Waals surface area contributed by atoms with Crippen LogP contribution in [-0.2, 0) is 4.79 Å². The van der Waals surface area contributed by atoms with Crippen LogP contribution in [0.2, 0.25) is 0 Å². The van der Waals surface area contributed by atoms with Crippen molar-refractivity contribution in [3.05, 3.63) is 35.9 Å². The molecule has 1 aromatic rings. The molecule has 0 heterocycles. The maximum absolute atomic E-state index is 11.4. The Labute approximate surface area is 129 Å². The fourth-order valence-electron chi connectivity index (χ4n) is 2.91. The normalized spacial score (nSPS) is 27.2. The number of hydrogen-bond acceptors (Lipinski definition) is 4. The van der Waals surface area contributed by atoms with Gasteiger partial charge >= 0.3 is 5.97 Å². The number of carbonyl (C=O) groups is 1. The molecule has 1 aliphatic rings. The van der Waals surface area contributed by atoms with Crippen LogP contribution in [0, 0.1) is 5.92 Å². The van der Waals surface area contributed by atoms with Gasteiger partial charge in [-0.25, -0.2) is 0 Å². The van der Waals surface area contributed by atoms with Crippen molar-refractivity contribution in [2.24, 2.45) is 5.92 Å². The first-order chi connectivity index (χ1) is 10.1. The van der Waals surface area contributed by atoms with Gasteiger partial charge in [0.15, 0.2) is 0 Å². The van der Waals surface area contributed by atoms with Crippen molar-refractivity contribution in [1.82, 2.24) is 0 Å². The van der Waals surface area contributed by atoms with E-state index in [9.17, 15) is 15.0 Å². The lowest BCUT2D eigenvalue weighted by atomic mass is 9.78. The minimum Gasteiger partial charge on any atom is -0.481 e. The Kier molecular flexibility index (Phi) is 6.08. The van der Waals surface area contributed by atoms with E-state index < -0.39 is 12.1 Å². The van der Waals surface area contributed by atoms with Gasteiger partial charge in [0.1, 0.15) is 0 Å². The number of aliphatic hydroxyl groups excluding tert-OH is 2. The van der Waals surface area contributed by atoms with Crippen molar-refractivity contribution in [1.29, 1.82) is 0 Å². The van der Waals surface area contributed by atoms with Gasteiger partial charge in [-0.1, -0.05) is 30.3 Å². The SMILES string of the molecule is O=C(O)C1CCC(c2ccccc2)CC1SCC(O)CO. The van der Waals surface area contributed by atoms with E-state index in [1.54, 1.807) is 0 Å². The largest absolute Gasteiger partial charge is 0.481 e. The maximum atomic E-state index is 11.4. The third-order valence-corrected chi connectivity index (χ3v) is 5.62. The van der Waals surface area contributed by atoms with Crippen LogP contribution in [0.15, 0.2) is 30.3 Å². The van der Waals surface area contributed by atoms with Crippen molar-refractivity contribution in [3.63, 3.8) is 0 Å². The van der Waals surface area contributed by atoms with Crippen molar-refractivity contribution in [2.45, 2.75) is 36.5 Å². The second-order valence-electron chi connectivity index (χ2n) is 5.57. The summed E-state index contributed by atoms with van der Waals surface area (Å²) in [7, 11) is 0. The predicted molar refractivity (Wildman–Crippen MR) is 83.5 cm³/mol. The van der Waals surface area contributed by atoms with E-state index in [0.717, 1.165) is 12.8 Å². The average Bonchev–Trinajstić information content (AvgIpc) is 2.53. The number of rotatable bonds is 6. The van der Waals surface area contributed by atoms with Crippen molar-refractivity contribution in [3.8, 4) is 0 Å². The van der Waals surface area contributed by atoms with E-state index in [2.05, 4.69) is 12.1 Å². The van der Waals surface area contributed by atoms with Crippen LogP contribution in [0.4, 0.5) is 0 Å². The molecule has 116 valence electrons. The first-order valence-corrected chi connectivity index (χ1v) is 8.35. The zero-order chi connectivity index (χ0) is 15.2. The molecule has 4 atom stereocenters. The molecule has 0 radical (unpaired) electrons. The molecule has 21 heavy (non-hydrogen) atoms. The third kappa shape index (κ3) is 4.46. The van der Waals surface area contributed by atoms with Gasteiger partial charge in [-0.15, -0.1) is 0 Å². The standard InChI is InChI=1S/C16H22O4S/c17-9-13(18)10-21-15-8-12(6-7-14(15)16(19)20)11-4-2-1-3-5-11/h1-5,12-15,17-18H,6-10H2,(H,19,20). The van der Waals surface area contributed by atoms with Gasteiger partial charge in [0.25, 0.3) is 0 Å². The summed E-state index contributed by atoms with van der Waals surface area (Å²) >= 11 is 1.47. The molecule has 0 amide bonds. The van der Waals surface area contributed by atoms with Crippen LogP contribution < -0.4 is 0 Å². The Morgan fingerprint density at radius 3 is 2.62 bits per heavy atom. The minimum absolute atomic E-state index is 0.0114. The molecule has 5 heteroatoms. The Balaban J connectivity index is 2.03. The highest BCUT2D eigenvalue weighted by atomic mass is 32.2. The van der Waals surface area contributed by atoms with E-state index in [1.165, 1.54) is 17.3 Å². The summed E-state index contributed by atoms with van der Waals surface area (Å²) < 4.78 is 0. The van der Waals surface area contributed by atoms with Crippen LogP contribution in [0.1, 0.15) is 30.7 Å². The molecular weight excluding hydrogens is 288 g/mol. The van der Waals surface area contributed by atoms with Crippen LogP contribution in [0.5, 0.6) is 0 Å². The third-order valence-electron chi connectivity index (χ3n) is 4.09. The first-order valence-electron chi connectivity index (χ1n) is 7.30. The molecule has 0 saturated heterocycles. The monoisotopic (exact) mass is 310 g/mol. The lowest BCUT2D eigenvalue weighted by Gasteiger charge is -2.34. The molecule has 0 aromatic heterocycles. The van der Waals surface area contributed by atoms with Crippen molar-refractivity contribution >= 4 is 17.7 Å². The van der Waals surface area contributed by atoms with Crippen LogP contribution >= 0.6 is 11.8 Å². The summed E-state index contributed by atoms with van der Waals surface area (Å²) in [5.74, 6) is -0.351. The van der Waals surface area contributed by atoms with E-state index in [4.69, 9.17) is 5.11 Å². The fourth-order valence-corrected chi connectivity index (χ4v) is 4.34. The molecule has 4 unspecified atom stereocenters. The van der Waals surface area contributed by atoms with Crippen molar-refractivity contribution < 1.29 is 20.1 Å². The second kappa shape index (κ2) is 7.82. The van der Waals surface area contributed by atoms with Crippen molar-refractivity contribution in [2.75, 3.05) is 12.4 Å². The number of carboxylic acid groups (broad SMARTS) is 1. The van der Waals surface area contributed by atoms with Gasteiger partial charge in [-0.05, 0) is 30.7 Å². The van der Waals surface area contributed by atoms with E-state index in [1.807, 2.05) is 18.2 Å². The Bertz CT molecular complexity index is 451. The molecule has 0 spiro atoms. The van der Waals surface area contributed by atoms with Crippen LogP contribution in [0.3, 0.4) is 0 Å². The quantitative estimate of drug-likeness (QED) is 0.750. The smallest absolute Gasteiger partial charge is 0.307 e. The van der Waals surface area contributed by atoms with Gasteiger partial charge in [-0.2, -0.15) is 11.8 Å². The number of aliphatic carboxylic acids is 1. The molecule has 1 aromatic carbocycles. The molecular formula is C16H22O4S. The summed E-state index contributed by atoms with van der Waals surface area (Å²) in [6.07, 6.45) is 1.59. The fraction of sp³-hybridized carbons (Fsp3) is 0.562. The Morgan fingerprint density at radius 1 is 1.29 bits per heavy atom. The predicted octanol–water partition coefficient (Wildman–Crippen LogP) is 2.11. The number of hydrogen-bond donors (Lipinski definition) is 3. The lowest BCUT2D eigenvalue weighted by molar-refractivity contribution is -0.142. The highest BCUT2D eigenvalue weighted by Crippen LogP contribution is 2.41. The van der Waals surface area contributed by atoms with E-state index in [0.29, 0.717) is 18.1 Å². The molecule has 1 saturated carbocycles. The minimum atomic E-state index is -0.776. The number of thioether (sulfide) groups is 1. The molecule has 1 aliphatic carbocycles. The van der Waals surface area contributed by atoms with E-state index in [-0.39, 0.29) is 17.8 Å². The van der Waals surface area contributed by atoms with E-state index >= 15 is 0 Å².